The highest BCUT2D eigenvalue weighted by Crippen LogP contribution is 2.31. The van der Waals surface area contributed by atoms with Gasteiger partial charge in [0.2, 0.25) is 0 Å². The maximum absolute atomic E-state index is 5.65. The molecule has 0 aromatic heterocycles. The van der Waals surface area contributed by atoms with E-state index in [0.29, 0.717) is 17.7 Å². The van der Waals surface area contributed by atoms with Gasteiger partial charge in [0.15, 0.2) is 0 Å². The van der Waals surface area contributed by atoms with Gasteiger partial charge in [-0.2, -0.15) is 0 Å². The van der Waals surface area contributed by atoms with Gasteiger partial charge < -0.3 is 4.74 Å². The lowest BCUT2D eigenvalue weighted by atomic mass is 10.0. The van der Waals surface area contributed by atoms with E-state index < -0.39 is 0 Å². The van der Waals surface area contributed by atoms with E-state index in [-0.39, 0.29) is 0 Å². The van der Waals surface area contributed by atoms with Crippen molar-refractivity contribution in [3.8, 4) is 0 Å². The zero-order valence-electron chi connectivity index (χ0n) is 9.63. The van der Waals surface area contributed by atoms with Gasteiger partial charge in [-0.05, 0) is 47.6 Å². The second kappa shape index (κ2) is 3.97. The van der Waals surface area contributed by atoms with Crippen molar-refractivity contribution in [3.63, 3.8) is 0 Å². The Morgan fingerprint density at radius 3 is 2.46 bits per heavy atom. The zero-order valence-corrected chi connectivity index (χ0v) is 9.63. The predicted octanol–water partition coefficient (Wildman–Crippen LogP) is 2.28. The topological polar surface area (TPSA) is 12.5 Å². The van der Waals surface area contributed by atoms with Crippen molar-refractivity contribution in [2.24, 2.45) is 0 Å². The molecular formula is C11H23NO. The number of nitrogens with zero attached hydrogens (tertiary/aromatic N) is 1. The molecule has 1 aliphatic heterocycles. The van der Waals surface area contributed by atoms with Crippen LogP contribution < -0.4 is 0 Å². The van der Waals surface area contributed by atoms with Gasteiger partial charge in [-0.25, -0.2) is 0 Å². The first kappa shape index (κ1) is 11.0. The molecule has 1 fully saturated rings. The molecule has 1 heterocycles. The molecule has 0 spiro atoms. The second-order valence-corrected chi connectivity index (χ2v) is 5.00. The van der Waals surface area contributed by atoms with Crippen LogP contribution in [0.5, 0.6) is 0 Å². The summed E-state index contributed by atoms with van der Waals surface area (Å²) in [5, 5.41) is 0. The summed E-state index contributed by atoms with van der Waals surface area (Å²) in [6.45, 7) is 9.70. The Bertz CT molecular complexity index is 165. The van der Waals surface area contributed by atoms with Crippen molar-refractivity contribution in [2.45, 2.75) is 58.2 Å². The van der Waals surface area contributed by atoms with E-state index in [1.165, 1.54) is 12.8 Å². The van der Waals surface area contributed by atoms with Gasteiger partial charge >= 0.3 is 0 Å². The van der Waals surface area contributed by atoms with Crippen molar-refractivity contribution in [1.29, 1.82) is 0 Å². The number of likely N-dealkylation sites (N-methyl/N-ethyl adjacent to an activating group) is 1. The first-order valence-electron chi connectivity index (χ1n) is 5.28. The van der Waals surface area contributed by atoms with Gasteiger partial charge in [-0.3, -0.25) is 4.90 Å². The summed E-state index contributed by atoms with van der Waals surface area (Å²) in [5.41, 5.74) is 0.366. The molecule has 2 heteroatoms. The fourth-order valence-electron chi connectivity index (χ4n) is 1.88. The molecule has 1 atom stereocenters. The summed E-state index contributed by atoms with van der Waals surface area (Å²) < 4.78 is 5.65. The van der Waals surface area contributed by atoms with Crippen LogP contribution in [0, 0.1) is 0 Å². The van der Waals surface area contributed by atoms with Gasteiger partial charge in [0.1, 0.15) is 0 Å². The van der Waals surface area contributed by atoms with Gasteiger partial charge in [0.05, 0.1) is 12.7 Å². The highest BCUT2D eigenvalue weighted by Gasteiger charge is 2.36. The largest absolute Gasteiger partial charge is 0.377 e. The van der Waals surface area contributed by atoms with E-state index in [2.05, 4.69) is 39.6 Å². The minimum atomic E-state index is 0.358. The Hall–Kier alpha value is -0.0800. The molecule has 0 bridgehead atoms. The van der Waals surface area contributed by atoms with Crippen molar-refractivity contribution in [3.05, 3.63) is 0 Å². The van der Waals surface area contributed by atoms with Crippen LogP contribution in [0.1, 0.15) is 40.5 Å². The molecule has 2 nitrogen and oxygen atoms in total. The Labute approximate surface area is 82.3 Å². The molecular weight excluding hydrogens is 162 g/mol. The van der Waals surface area contributed by atoms with Crippen molar-refractivity contribution >= 4 is 0 Å². The third kappa shape index (κ3) is 2.68. The number of hydrogen-bond donors (Lipinski definition) is 0. The number of ether oxygens (including phenoxy) is 1. The Morgan fingerprint density at radius 2 is 2.08 bits per heavy atom. The molecule has 78 valence electrons. The van der Waals surface area contributed by atoms with E-state index in [4.69, 9.17) is 4.74 Å². The smallest absolute Gasteiger partial charge is 0.0625 e. The van der Waals surface area contributed by atoms with Crippen molar-refractivity contribution < 1.29 is 4.74 Å². The highest BCUT2D eigenvalue weighted by molar-refractivity contribution is 4.92. The zero-order chi connectivity index (χ0) is 10.1. The second-order valence-electron chi connectivity index (χ2n) is 5.00. The SMILES string of the molecule is CC(C)OCC1CCC(C)(C)N1C. The number of likely N-dealkylation sites (tertiary alicyclic amines) is 1. The van der Waals surface area contributed by atoms with E-state index in [0.717, 1.165) is 6.61 Å². The molecule has 0 aromatic carbocycles. The third-order valence-electron chi connectivity index (χ3n) is 3.21. The van der Waals surface area contributed by atoms with Crippen LogP contribution >= 0.6 is 0 Å². The Morgan fingerprint density at radius 1 is 1.46 bits per heavy atom. The van der Waals surface area contributed by atoms with Crippen LogP contribution in [0.4, 0.5) is 0 Å². The fraction of sp³-hybridized carbons (Fsp3) is 1.00. The highest BCUT2D eigenvalue weighted by atomic mass is 16.5. The van der Waals surface area contributed by atoms with Crippen LogP contribution in [0.2, 0.25) is 0 Å². The van der Waals surface area contributed by atoms with Crippen molar-refractivity contribution in [2.75, 3.05) is 13.7 Å². The standard InChI is InChI=1S/C11H23NO/c1-9(2)13-8-10-6-7-11(3,4)12(10)5/h9-10H,6-8H2,1-5H3. The summed E-state index contributed by atoms with van der Waals surface area (Å²) in [6, 6.07) is 0.623. The average Bonchev–Trinajstić information content (AvgIpc) is 2.25. The summed E-state index contributed by atoms with van der Waals surface area (Å²) in [5.74, 6) is 0. The molecule has 1 rings (SSSR count). The summed E-state index contributed by atoms with van der Waals surface area (Å²) in [6.07, 6.45) is 2.92. The quantitative estimate of drug-likeness (QED) is 0.669. The maximum atomic E-state index is 5.65. The minimum Gasteiger partial charge on any atom is -0.377 e. The predicted molar refractivity (Wildman–Crippen MR) is 56.0 cm³/mol. The van der Waals surface area contributed by atoms with Crippen LogP contribution in [0.15, 0.2) is 0 Å². The van der Waals surface area contributed by atoms with Crippen LogP contribution in [-0.2, 0) is 4.74 Å². The Kier molecular flexibility index (Phi) is 3.36. The summed E-state index contributed by atoms with van der Waals surface area (Å²) in [7, 11) is 2.21. The lowest BCUT2D eigenvalue weighted by Gasteiger charge is -2.32. The van der Waals surface area contributed by atoms with Crippen LogP contribution in [0.3, 0.4) is 0 Å². The molecule has 1 saturated heterocycles. The monoisotopic (exact) mass is 185 g/mol. The van der Waals surface area contributed by atoms with Gasteiger partial charge in [-0.15, -0.1) is 0 Å². The molecule has 0 radical (unpaired) electrons. The number of hydrogen-bond acceptors (Lipinski definition) is 2. The average molecular weight is 185 g/mol. The Balaban J connectivity index is 2.37. The van der Waals surface area contributed by atoms with Crippen LogP contribution in [0.25, 0.3) is 0 Å². The van der Waals surface area contributed by atoms with E-state index in [1.807, 2.05) is 0 Å². The molecule has 0 aromatic rings. The van der Waals surface area contributed by atoms with Crippen LogP contribution in [-0.4, -0.2) is 36.2 Å². The van der Waals surface area contributed by atoms with Crippen molar-refractivity contribution in [1.82, 2.24) is 4.90 Å². The molecule has 1 aliphatic rings. The molecule has 0 amide bonds. The first-order chi connectivity index (χ1) is 5.93. The molecule has 0 saturated carbocycles. The fourth-order valence-corrected chi connectivity index (χ4v) is 1.88. The lowest BCUT2D eigenvalue weighted by Crippen LogP contribution is -2.41. The van der Waals surface area contributed by atoms with Gasteiger partial charge in [0.25, 0.3) is 0 Å². The lowest BCUT2D eigenvalue weighted by molar-refractivity contribution is 0.0278. The third-order valence-corrected chi connectivity index (χ3v) is 3.21. The molecule has 0 N–H and O–H groups in total. The van der Waals surface area contributed by atoms with E-state index in [1.54, 1.807) is 0 Å². The first-order valence-corrected chi connectivity index (χ1v) is 5.28. The normalized spacial score (nSPS) is 28.6. The molecule has 0 aliphatic carbocycles. The van der Waals surface area contributed by atoms with E-state index >= 15 is 0 Å². The summed E-state index contributed by atoms with van der Waals surface area (Å²) >= 11 is 0. The van der Waals surface area contributed by atoms with Gasteiger partial charge in [0, 0.05) is 11.6 Å². The van der Waals surface area contributed by atoms with E-state index in [9.17, 15) is 0 Å². The molecule has 13 heavy (non-hydrogen) atoms. The minimum absolute atomic E-state index is 0.358. The molecule has 1 unspecified atom stereocenters. The van der Waals surface area contributed by atoms with Gasteiger partial charge in [-0.1, -0.05) is 0 Å². The number of rotatable bonds is 3. The summed E-state index contributed by atoms with van der Waals surface area (Å²) in [4.78, 5) is 2.45. The maximum Gasteiger partial charge on any atom is 0.0625 e.